The number of carbonyl (C=O) groups is 1. The number of hydrogen-bond acceptors (Lipinski definition) is 2. The van der Waals surface area contributed by atoms with Crippen LogP contribution in [0.4, 0.5) is 10.1 Å². The summed E-state index contributed by atoms with van der Waals surface area (Å²) in [7, 11) is 0. The van der Waals surface area contributed by atoms with E-state index in [0.717, 1.165) is 11.1 Å². The quantitative estimate of drug-likeness (QED) is 0.784. The summed E-state index contributed by atoms with van der Waals surface area (Å²) in [5.41, 5.74) is 2.79. The fourth-order valence-corrected chi connectivity index (χ4v) is 2.87. The number of rotatable bonds is 3. The van der Waals surface area contributed by atoms with Gasteiger partial charge in [-0.3, -0.25) is 9.59 Å². The number of anilines is 1. The summed E-state index contributed by atoms with van der Waals surface area (Å²) in [5, 5.41) is 3.00. The van der Waals surface area contributed by atoms with Crippen molar-refractivity contribution in [2.75, 3.05) is 5.32 Å². The monoisotopic (exact) mass is 338 g/mol. The van der Waals surface area contributed by atoms with Crippen LogP contribution >= 0.6 is 0 Å². The lowest BCUT2D eigenvalue weighted by molar-refractivity contribution is 0.102. The minimum atomic E-state index is -0.501. The van der Waals surface area contributed by atoms with Gasteiger partial charge in [-0.25, -0.2) is 4.39 Å². The summed E-state index contributed by atoms with van der Waals surface area (Å²) in [6, 6.07) is 9.63. The number of benzene rings is 2. The Balaban J connectivity index is 2.11. The summed E-state index contributed by atoms with van der Waals surface area (Å²) >= 11 is 0. The topological polar surface area (TPSA) is 51.1 Å². The molecule has 0 unspecified atom stereocenters. The maximum atomic E-state index is 13.6. The molecule has 5 heteroatoms. The van der Waals surface area contributed by atoms with Crippen LogP contribution in [0.3, 0.4) is 0 Å². The van der Waals surface area contributed by atoms with E-state index in [-0.39, 0.29) is 10.9 Å². The van der Waals surface area contributed by atoms with E-state index < -0.39 is 17.2 Å². The molecule has 3 aromatic rings. The van der Waals surface area contributed by atoms with Crippen molar-refractivity contribution in [1.29, 1.82) is 0 Å². The van der Waals surface area contributed by atoms with Crippen LogP contribution in [-0.2, 0) is 6.54 Å². The third kappa shape index (κ3) is 3.05. The van der Waals surface area contributed by atoms with E-state index in [1.807, 2.05) is 32.9 Å². The Hall–Kier alpha value is -2.95. The molecule has 0 aliphatic rings. The number of carbonyl (C=O) groups excluding carboxylic acids is 1. The second kappa shape index (κ2) is 6.51. The number of nitrogens with one attached hydrogen (secondary N) is 1. The third-order valence-corrected chi connectivity index (χ3v) is 4.48. The molecule has 0 saturated heterocycles. The molecule has 0 fully saturated rings. The Bertz CT molecular complexity index is 1040. The zero-order valence-corrected chi connectivity index (χ0v) is 14.4. The molecule has 4 nitrogen and oxygen atoms in total. The summed E-state index contributed by atoms with van der Waals surface area (Å²) < 4.78 is 15.4. The van der Waals surface area contributed by atoms with E-state index in [9.17, 15) is 14.0 Å². The summed E-state index contributed by atoms with van der Waals surface area (Å²) in [4.78, 5) is 25.4. The van der Waals surface area contributed by atoms with E-state index in [2.05, 4.69) is 5.32 Å². The van der Waals surface area contributed by atoms with Crippen LogP contribution in [0.15, 0.2) is 47.4 Å². The fourth-order valence-electron chi connectivity index (χ4n) is 2.87. The molecule has 0 saturated carbocycles. The van der Waals surface area contributed by atoms with Crippen LogP contribution in [0.2, 0.25) is 0 Å². The highest BCUT2D eigenvalue weighted by molar-refractivity contribution is 6.06. The standard InChI is InChI=1S/C20H19FN2O2/c1-4-23-11-16(19(24)15-10-14(21)8-9-18(15)23)20(25)22-17-7-5-6-12(2)13(17)3/h5-11H,4H2,1-3H3,(H,22,25). The van der Waals surface area contributed by atoms with Crippen LogP contribution in [0, 0.1) is 19.7 Å². The zero-order valence-electron chi connectivity index (χ0n) is 14.4. The predicted molar refractivity (Wildman–Crippen MR) is 97.7 cm³/mol. The highest BCUT2D eigenvalue weighted by atomic mass is 19.1. The molecule has 0 atom stereocenters. The highest BCUT2D eigenvalue weighted by Crippen LogP contribution is 2.19. The first-order valence-electron chi connectivity index (χ1n) is 8.12. The van der Waals surface area contributed by atoms with Gasteiger partial charge < -0.3 is 9.88 Å². The Morgan fingerprint density at radius 2 is 1.96 bits per heavy atom. The van der Waals surface area contributed by atoms with Crippen LogP contribution < -0.4 is 10.7 Å². The predicted octanol–water partition coefficient (Wildman–Crippen LogP) is 4.03. The number of halogens is 1. The Kier molecular flexibility index (Phi) is 4.40. The van der Waals surface area contributed by atoms with Crippen LogP contribution in [0.1, 0.15) is 28.4 Å². The van der Waals surface area contributed by atoms with Crippen molar-refractivity contribution in [1.82, 2.24) is 4.57 Å². The number of aromatic nitrogens is 1. The number of hydrogen-bond donors (Lipinski definition) is 1. The molecule has 0 radical (unpaired) electrons. The Morgan fingerprint density at radius 1 is 1.20 bits per heavy atom. The van der Waals surface area contributed by atoms with Crippen molar-refractivity contribution in [3.8, 4) is 0 Å². The van der Waals surface area contributed by atoms with Gasteiger partial charge in [0.15, 0.2) is 0 Å². The second-order valence-corrected chi connectivity index (χ2v) is 6.02. The molecule has 3 rings (SSSR count). The summed E-state index contributed by atoms with van der Waals surface area (Å²) in [5.74, 6) is -0.994. The van der Waals surface area contributed by atoms with Crippen molar-refractivity contribution < 1.29 is 9.18 Å². The van der Waals surface area contributed by atoms with Gasteiger partial charge in [0.05, 0.1) is 5.52 Å². The molecule has 1 amide bonds. The molecular formula is C20H19FN2O2. The maximum Gasteiger partial charge on any atom is 0.261 e. The zero-order chi connectivity index (χ0) is 18.1. The summed E-state index contributed by atoms with van der Waals surface area (Å²) in [6.07, 6.45) is 1.53. The van der Waals surface area contributed by atoms with Crippen molar-refractivity contribution in [2.24, 2.45) is 0 Å². The van der Waals surface area contributed by atoms with Crippen molar-refractivity contribution >= 4 is 22.5 Å². The first-order chi connectivity index (χ1) is 11.9. The molecule has 2 aromatic carbocycles. The number of amides is 1. The van der Waals surface area contributed by atoms with Gasteiger partial charge in [0.25, 0.3) is 5.91 Å². The SMILES string of the molecule is CCn1cc(C(=O)Nc2cccc(C)c2C)c(=O)c2cc(F)ccc21. The van der Waals surface area contributed by atoms with Gasteiger partial charge in [-0.15, -0.1) is 0 Å². The summed E-state index contributed by atoms with van der Waals surface area (Å²) in [6.45, 7) is 6.32. The minimum Gasteiger partial charge on any atom is -0.347 e. The van der Waals surface area contributed by atoms with Gasteiger partial charge in [-0.2, -0.15) is 0 Å². The van der Waals surface area contributed by atoms with E-state index in [1.54, 1.807) is 16.7 Å². The Morgan fingerprint density at radius 3 is 2.68 bits per heavy atom. The maximum absolute atomic E-state index is 13.6. The van der Waals surface area contributed by atoms with Crippen molar-refractivity contribution in [3.63, 3.8) is 0 Å². The van der Waals surface area contributed by atoms with E-state index in [1.165, 1.54) is 18.3 Å². The number of pyridine rings is 1. The van der Waals surface area contributed by atoms with Crippen LogP contribution in [-0.4, -0.2) is 10.5 Å². The lowest BCUT2D eigenvalue weighted by Gasteiger charge is -2.13. The molecule has 0 aliphatic carbocycles. The average Bonchev–Trinajstić information content (AvgIpc) is 2.59. The third-order valence-electron chi connectivity index (χ3n) is 4.48. The van der Waals surface area contributed by atoms with E-state index in [4.69, 9.17) is 0 Å². The number of nitrogens with zero attached hydrogens (tertiary/aromatic N) is 1. The first-order valence-corrected chi connectivity index (χ1v) is 8.12. The first kappa shape index (κ1) is 16.9. The van der Waals surface area contributed by atoms with Gasteiger partial charge in [-0.1, -0.05) is 12.1 Å². The lowest BCUT2D eigenvalue weighted by Crippen LogP contribution is -2.24. The van der Waals surface area contributed by atoms with Crippen molar-refractivity contribution in [2.45, 2.75) is 27.3 Å². The second-order valence-electron chi connectivity index (χ2n) is 6.02. The van der Waals surface area contributed by atoms with Gasteiger partial charge in [0, 0.05) is 23.8 Å². The molecule has 1 N–H and O–H groups in total. The van der Waals surface area contributed by atoms with E-state index >= 15 is 0 Å². The molecule has 0 spiro atoms. The van der Waals surface area contributed by atoms with Crippen LogP contribution in [0.25, 0.3) is 10.9 Å². The average molecular weight is 338 g/mol. The molecule has 0 bridgehead atoms. The van der Waals surface area contributed by atoms with Gasteiger partial charge in [0.2, 0.25) is 5.43 Å². The lowest BCUT2D eigenvalue weighted by atomic mass is 10.1. The number of aryl methyl sites for hydroxylation is 2. The molecular weight excluding hydrogens is 319 g/mol. The van der Waals surface area contributed by atoms with Gasteiger partial charge in [-0.05, 0) is 56.2 Å². The molecule has 1 heterocycles. The molecule has 128 valence electrons. The van der Waals surface area contributed by atoms with Crippen molar-refractivity contribution in [3.05, 3.63) is 75.3 Å². The number of fused-ring (bicyclic) bond motifs is 1. The van der Waals surface area contributed by atoms with E-state index in [0.29, 0.717) is 17.7 Å². The largest absolute Gasteiger partial charge is 0.347 e. The molecule has 25 heavy (non-hydrogen) atoms. The smallest absolute Gasteiger partial charge is 0.261 e. The molecule has 0 aliphatic heterocycles. The normalized spacial score (nSPS) is 10.9. The minimum absolute atomic E-state index is 0.000793. The Labute approximate surface area is 144 Å². The van der Waals surface area contributed by atoms with Gasteiger partial charge in [0.1, 0.15) is 11.4 Å². The fraction of sp³-hybridized carbons (Fsp3) is 0.200. The molecule has 1 aromatic heterocycles. The highest BCUT2D eigenvalue weighted by Gasteiger charge is 2.16. The van der Waals surface area contributed by atoms with Crippen LogP contribution in [0.5, 0.6) is 0 Å². The van der Waals surface area contributed by atoms with Gasteiger partial charge >= 0.3 is 0 Å².